The predicted octanol–water partition coefficient (Wildman–Crippen LogP) is 5.30. The number of hydrogen-bond donors (Lipinski definition) is 1. The summed E-state index contributed by atoms with van der Waals surface area (Å²) >= 11 is 11.6. The molecular weight excluding hydrogens is 462 g/mol. The number of amides is 1. The van der Waals surface area contributed by atoms with E-state index in [-0.39, 0.29) is 5.91 Å². The van der Waals surface area contributed by atoms with Crippen molar-refractivity contribution in [3.8, 4) is 5.75 Å². The molecule has 1 N–H and O–H groups in total. The highest BCUT2D eigenvalue weighted by Gasteiger charge is 2.14. The molecule has 1 amide bonds. The lowest BCUT2D eigenvalue weighted by atomic mass is 10.2. The van der Waals surface area contributed by atoms with Crippen molar-refractivity contribution in [3.05, 3.63) is 41.9 Å². The van der Waals surface area contributed by atoms with E-state index >= 15 is 0 Å². The Kier molecular flexibility index (Phi) is 5.05. The molecule has 0 saturated heterocycles. The van der Waals surface area contributed by atoms with E-state index in [0.717, 1.165) is 17.8 Å². The van der Waals surface area contributed by atoms with Gasteiger partial charge in [0.15, 0.2) is 0 Å². The van der Waals surface area contributed by atoms with Crippen LogP contribution in [0.15, 0.2) is 36.3 Å². The van der Waals surface area contributed by atoms with Crippen LogP contribution in [-0.4, -0.2) is 13.0 Å². The second-order valence-corrected chi connectivity index (χ2v) is 8.15. The molecule has 0 radical (unpaired) electrons. The lowest BCUT2D eigenvalue weighted by Crippen LogP contribution is -2.11. The van der Waals surface area contributed by atoms with Gasteiger partial charge in [0.1, 0.15) is 5.75 Å². The van der Waals surface area contributed by atoms with Gasteiger partial charge in [-0.25, -0.2) is 0 Å². The SMILES string of the molecule is COc1ccc(NC(=O)c2cc(Br)sc2Br)cc1Br. The Morgan fingerprint density at radius 1 is 1.26 bits per heavy atom. The van der Waals surface area contributed by atoms with Crippen molar-refractivity contribution in [1.82, 2.24) is 0 Å². The van der Waals surface area contributed by atoms with Crippen molar-refractivity contribution in [2.45, 2.75) is 0 Å². The number of hydrogen-bond acceptors (Lipinski definition) is 3. The Labute approximate surface area is 139 Å². The molecule has 0 bridgehead atoms. The third kappa shape index (κ3) is 3.59. The lowest BCUT2D eigenvalue weighted by molar-refractivity contribution is 0.102. The van der Waals surface area contributed by atoms with E-state index < -0.39 is 0 Å². The van der Waals surface area contributed by atoms with Crippen molar-refractivity contribution < 1.29 is 9.53 Å². The summed E-state index contributed by atoms with van der Waals surface area (Å²) in [5.74, 6) is 0.559. The lowest BCUT2D eigenvalue weighted by Gasteiger charge is -2.07. The number of benzene rings is 1. The summed E-state index contributed by atoms with van der Waals surface area (Å²) < 4.78 is 7.63. The van der Waals surface area contributed by atoms with Gasteiger partial charge >= 0.3 is 0 Å². The molecule has 1 aromatic carbocycles. The van der Waals surface area contributed by atoms with Gasteiger partial charge in [0.05, 0.1) is 24.7 Å². The average molecular weight is 470 g/mol. The maximum atomic E-state index is 12.1. The number of thiophene rings is 1. The van der Waals surface area contributed by atoms with Gasteiger partial charge in [-0.2, -0.15) is 0 Å². The first-order valence-corrected chi connectivity index (χ1v) is 8.30. The molecule has 19 heavy (non-hydrogen) atoms. The van der Waals surface area contributed by atoms with Gasteiger partial charge < -0.3 is 10.1 Å². The summed E-state index contributed by atoms with van der Waals surface area (Å²) in [4.78, 5) is 12.1. The number of carbonyl (C=O) groups excluding carboxylic acids is 1. The molecule has 1 heterocycles. The zero-order valence-electron chi connectivity index (χ0n) is 9.67. The maximum Gasteiger partial charge on any atom is 0.257 e. The Morgan fingerprint density at radius 3 is 2.53 bits per heavy atom. The zero-order chi connectivity index (χ0) is 14.0. The Bertz CT molecular complexity index is 627. The molecule has 2 aromatic rings. The number of carbonyl (C=O) groups is 1. The summed E-state index contributed by atoms with van der Waals surface area (Å²) in [6.07, 6.45) is 0. The van der Waals surface area contributed by atoms with Crippen LogP contribution >= 0.6 is 59.1 Å². The molecule has 3 nitrogen and oxygen atoms in total. The van der Waals surface area contributed by atoms with Crippen LogP contribution in [-0.2, 0) is 0 Å². The van der Waals surface area contributed by atoms with Gasteiger partial charge in [0.25, 0.3) is 5.91 Å². The maximum absolute atomic E-state index is 12.1. The monoisotopic (exact) mass is 467 g/mol. The molecule has 0 unspecified atom stereocenters. The fourth-order valence-corrected chi connectivity index (χ4v) is 4.77. The van der Waals surface area contributed by atoms with Gasteiger partial charge in [-0.05, 0) is 72.1 Å². The Hall–Kier alpha value is -0.370. The molecule has 0 aliphatic rings. The minimum atomic E-state index is -0.161. The summed E-state index contributed by atoms with van der Waals surface area (Å²) in [5.41, 5.74) is 1.30. The van der Waals surface area contributed by atoms with Gasteiger partial charge in [-0.15, -0.1) is 11.3 Å². The van der Waals surface area contributed by atoms with E-state index in [1.165, 1.54) is 11.3 Å². The normalized spacial score (nSPS) is 10.3. The number of anilines is 1. The highest BCUT2D eigenvalue weighted by molar-refractivity contribution is 9.12. The molecule has 0 spiro atoms. The van der Waals surface area contributed by atoms with Crippen LogP contribution < -0.4 is 10.1 Å². The summed E-state index contributed by atoms with van der Waals surface area (Å²) in [6, 6.07) is 7.16. The van der Waals surface area contributed by atoms with Gasteiger partial charge in [0.2, 0.25) is 0 Å². The summed E-state index contributed by atoms with van der Waals surface area (Å²) in [6.45, 7) is 0. The number of halogens is 3. The van der Waals surface area contributed by atoms with E-state index in [4.69, 9.17) is 4.74 Å². The fourth-order valence-electron chi connectivity index (χ4n) is 1.44. The van der Waals surface area contributed by atoms with E-state index in [1.54, 1.807) is 31.4 Å². The minimum Gasteiger partial charge on any atom is -0.496 e. The van der Waals surface area contributed by atoms with Crippen molar-refractivity contribution in [1.29, 1.82) is 0 Å². The molecule has 0 saturated carbocycles. The molecule has 7 heteroatoms. The van der Waals surface area contributed by atoms with Crippen molar-refractivity contribution in [2.75, 3.05) is 12.4 Å². The van der Waals surface area contributed by atoms with E-state index in [2.05, 4.69) is 53.1 Å². The molecule has 2 rings (SSSR count). The first kappa shape index (κ1) is 15.0. The van der Waals surface area contributed by atoms with E-state index in [0.29, 0.717) is 11.3 Å². The topological polar surface area (TPSA) is 38.3 Å². The molecule has 0 fully saturated rings. The van der Waals surface area contributed by atoms with Gasteiger partial charge in [-0.1, -0.05) is 0 Å². The molecule has 0 aliphatic heterocycles. The molecule has 100 valence electrons. The summed E-state index contributed by atoms with van der Waals surface area (Å²) in [7, 11) is 1.60. The van der Waals surface area contributed by atoms with Crippen molar-refractivity contribution >= 4 is 70.7 Å². The number of methoxy groups -OCH3 is 1. The minimum absolute atomic E-state index is 0.161. The van der Waals surface area contributed by atoms with Crippen LogP contribution in [0.5, 0.6) is 5.75 Å². The Morgan fingerprint density at radius 2 is 2.00 bits per heavy atom. The molecule has 1 aromatic heterocycles. The molecular formula is C12H8Br3NO2S. The Balaban J connectivity index is 2.19. The van der Waals surface area contributed by atoms with Crippen LogP contribution in [0, 0.1) is 0 Å². The first-order chi connectivity index (χ1) is 9.01. The van der Waals surface area contributed by atoms with Crippen LogP contribution in [0.1, 0.15) is 10.4 Å². The number of ether oxygens (including phenoxy) is 1. The fraction of sp³-hybridized carbons (Fsp3) is 0.0833. The number of rotatable bonds is 3. The highest BCUT2D eigenvalue weighted by Crippen LogP contribution is 2.33. The largest absolute Gasteiger partial charge is 0.496 e. The van der Waals surface area contributed by atoms with Crippen LogP contribution in [0.3, 0.4) is 0 Å². The average Bonchev–Trinajstić information content (AvgIpc) is 2.69. The van der Waals surface area contributed by atoms with E-state index in [1.807, 2.05) is 0 Å². The van der Waals surface area contributed by atoms with Crippen LogP contribution in [0.4, 0.5) is 5.69 Å². The third-order valence-electron chi connectivity index (χ3n) is 2.31. The highest BCUT2D eigenvalue weighted by atomic mass is 79.9. The van der Waals surface area contributed by atoms with Crippen LogP contribution in [0.2, 0.25) is 0 Å². The molecule has 0 atom stereocenters. The van der Waals surface area contributed by atoms with Gasteiger partial charge in [0, 0.05) is 5.69 Å². The quantitative estimate of drug-likeness (QED) is 0.662. The van der Waals surface area contributed by atoms with Gasteiger partial charge in [-0.3, -0.25) is 4.79 Å². The zero-order valence-corrected chi connectivity index (χ0v) is 15.2. The van der Waals surface area contributed by atoms with Crippen molar-refractivity contribution in [2.24, 2.45) is 0 Å². The second-order valence-electron chi connectivity index (χ2n) is 3.54. The predicted molar refractivity (Wildman–Crippen MR) is 88.4 cm³/mol. The van der Waals surface area contributed by atoms with E-state index in [9.17, 15) is 4.79 Å². The standard InChI is InChI=1S/C12H8Br3NO2S/c1-18-9-3-2-6(4-8(9)13)16-12(17)7-5-10(14)19-11(7)15/h2-5H,1H3,(H,16,17). The van der Waals surface area contributed by atoms with Crippen LogP contribution in [0.25, 0.3) is 0 Å². The third-order valence-corrected chi connectivity index (χ3v) is 5.27. The second kappa shape index (κ2) is 6.39. The summed E-state index contributed by atoms with van der Waals surface area (Å²) in [5, 5.41) is 2.84. The smallest absolute Gasteiger partial charge is 0.257 e. The van der Waals surface area contributed by atoms with Crippen molar-refractivity contribution in [3.63, 3.8) is 0 Å². The first-order valence-electron chi connectivity index (χ1n) is 5.11. The molecule has 0 aliphatic carbocycles. The number of nitrogens with one attached hydrogen (secondary N) is 1.